The fourth-order valence-electron chi connectivity index (χ4n) is 1.83. The minimum absolute atomic E-state index is 0.310. The zero-order valence-corrected chi connectivity index (χ0v) is 12.6. The van der Waals surface area contributed by atoms with Crippen molar-refractivity contribution in [3.05, 3.63) is 55.1 Å². The van der Waals surface area contributed by atoms with Crippen molar-refractivity contribution in [3.8, 4) is 0 Å². The van der Waals surface area contributed by atoms with Gasteiger partial charge in [0.25, 0.3) is 0 Å². The lowest BCUT2D eigenvalue weighted by Gasteiger charge is -2.18. The van der Waals surface area contributed by atoms with Gasteiger partial charge in [0.15, 0.2) is 0 Å². The normalized spacial score (nSPS) is 10.0. The molecule has 0 aromatic heterocycles. The lowest BCUT2D eigenvalue weighted by atomic mass is 10.0. The second kappa shape index (κ2) is 8.04. The van der Waals surface area contributed by atoms with E-state index in [2.05, 4.69) is 32.3 Å². The number of hydrogen-bond acceptors (Lipinski definition) is 2. The minimum atomic E-state index is -0.656. The van der Waals surface area contributed by atoms with Gasteiger partial charge in [-0.05, 0) is 23.6 Å². The third kappa shape index (κ3) is 4.91. The quantitative estimate of drug-likeness (QED) is 0.645. The maximum Gasteiger partial charge on any atom is 0.313 e. The van der Waals surface area contributed by atoms with Gasteiger partial charge >= 0.3 is 11.8 Å². The summed E-state index contributed by atoms with van der Waals surface area (Å²) < 4.78 is 0. The molecule has 0 fully saturated rings. The Kier molecular flexibility index (Phi) is 6.40. The highest BCUT2D eigenvalue weighted by Crippen LogP contribution is 2.17. The predicted octanol–water partition coefficient (Wildman–Crippen LogP) is 2.95. The summed E-state index contributed by atoms with van der Waals surface area (Å²) in [5.74, 6) is -0.828. The van der Waals surface area contributed by atoms with E-state index in [4.69, 9.17) is 0 Å². The second-order valence-corrected chi connectivity index (χ2v) is 5.02. The van der Waals surface area contributed by atoms with E-state index in [1.807, 2.05) is 12.1 Å². The molecule has 0 radical (unpaired) electrons. The van der Waals surface area contributed by atoms with Crippen LogP contribution in [0.4, 0.5) is 5.69 Å². The van der Waals surface area contributed by atoms with E-state index >= 15 is 0 Å². The van der Waals surface area contributed by atoms with Crippen LogP contribution in [-0.4, -0.2) is 29.8 Å². The van der Waals surface area contributed by atoms with E-state index in [1.54, 1.807) is 24.3 Å². The van der Waals surface area contributed by atoms with Crippen LogP contribution in [0.3, 0.4) is 0 Å². The third-order valence-corrected chi connectivity index (χ3v) is 3.02. The molecule has 2 amide bonds. The minimum Gasteiger partial charge on any atom is -0.327 e. The molecule has 1 rings (SSSR count). The van der Waals surface area contributed by atoms with Crippen molar-refractivity contribution in [2.75, 3.05) is 18.4 Å². The molecule has 0 heterocycles. The van der Waals surface area contributed by atoms with Gasteiger partial charge in [0, 0.05) is 18.8 Å². The number of anilines is 1. The number of carbonyl (C=O) groups is 2. The summed E-state index contributed by atoms with van der Waals surface area (Å²) in [6.07, 6.45) is 3.15. The van der Waals surface area contributed by atoms with Gasteiger partial charge < -0.3 is 10.2 Å². The van der Waals surface area contributed by atoms with E-state index in [0.29, 0.717) is 24.7 Å². The van der Waals surface area contributed by atoms with Crippen LogP contribution in [0.15, 0.2) is 49.6 Å². The summed E-state index contributed by atoms with van der Waals surface area (Å²) in [7, 11) is 0. The lowest BCUT2D eigenvalue weighted by molar-refractivity contribution is -0.142. The van der Waals surface area contributed by atoms with Gasteiger partial charge in [-0.1, -0.05) is 38.1 Å². The molecule has 112 valence electrons. The van der Waals surface area contributed by atoms with Crippen LogP contribution in [0.5, 0.6) is 0 Å². The van der Waals surface area contributed by atoms with Gasteiger partial charge in [-0.25, -0.2) is 0 Å². The Morgan fingerprint density at radius 1 is 1.14 bits per heavy atom. The number of hydrogen-bond donors (Lipinski definition) is 1. The second-order valence-electron chi connectivity index (χ2n) is 5.02. The Balaban J connectivity index is 2.72. The summed E-state index contributed by atoms with van der Waals surface area (Å²) in [6, 6.07) is 7.48. The van der Waals surface area contributed by atoms with Crippen molar-refractivity contribution in [1.82, 2.24) is 4.90 Å². The van der Waals surface area contributed by atoms with E-state index < -0.39 is 11.8 Å². The maximum absolute atomic E-state index is 12.0. The van der Waals surface area contributed by atoms with E-state index in [1.165, 1.54) is 10.5 Å². The zero-order chi connectivity index (χ0) is 15.8. The molecule has 0 atom stereocenters. The number of nitrogens with zero attached hydrogens (tertiary/aromatic N) is 1. The van der Waals surface area contributed by atoms with Crippen LogP contribution in [0.2, 0.25) is 0 Å². The maximum atomic E-state index is 12.0. The number of carbonyl (C=O) groups excluding carboxylic acids is 2. The number of amides is 2. The van der Waals surface area contributed by atoms with Crippen LogP contribution in [0, 0.1) is 0 Å². The highest BCUT2D eigenvalue weighted by Gasteiger charge is 2.20. The topological polar surface area (TPSA) is 49.4 Å². The van der Waals surface area contributed by atoms with Gasteiger partial charge in [-0.15, -0.1) is 13.2 Å². The zero-order valence-electron chi connectivity index (χ0n) is 12.6. The SMILES string of the molecule is C=CCN(CC=C)C(=O)C(=O)Nc1ccc(C(C)C)cc1. The van der Waals surface area contributed by atoms with Gasteiger partial charge in [0.1, 0.15) is 0 Å². The monoisotopic (exact) mass is 286 g/mol. The molecule has 1 aromatic rings. The average molecular weight is 286 g/mol. The Labute approximate surface area is 126 Å². The summed E-state index contributed by atoms with van der Waals surface area (Å²) in [4.78, 5) is 25.3. The largest absolute Gasteiger partial charge is 0.327 e. The fourth-order valence-corrected chi connectivity index (χ4v) is 1.83. The molecule has 0 spiro atoms. The molecule has 0 unspecified atom stereocenters. The van der Waals surface area contributed by atoms with Gasteiger partial charge in [-0.2, -0.15) is 0 Å². The number of rotatable bonds is 6. The van der Waals surface area contributed by atoms with E-state index in [-0.39, 0.29) is 0 Å². The van der Waals surface area contributed by atoms with Crippen molar-refractivity contribution in [3.63, 3.8) is 0 Å². The Morgan fingerprint density at radius 3 is 2.10 bits per heavy atom. The molecule has 0 aliphatic carbocycles. The Hall–Kier alpha value is -2.36. The van der Waals surface area contributed by atoms with E-state index in [0.717, 1.165) is 0 Å². The van der Waals surface area contributed by atoms with Crippen molar-refractivity contribution < 1.29 is 9.59 Å². The lowest BCUT2D eigenvalue weighted by Crippen LogP contribution is -2.39. The first-order valence-electron chi connectivity index (χ1n) is 6.91. The summed E-state index contributed by atoms with van der Waals surface area (Å²) in [5, 5.41) is 2.61. The third-order valence-electron chi connectivity index (χ3n) is 3.02. The molecule has 1 aromatic carbocycles. The smallest absolute Gasteiger partial charge is 0.313 e. The summed E-state index contributed by atoms with van der Waals surface area (Å²) in [5.41, 5.74) is 1.79. The average Bonchev–Trinajstić information content (AvgIpc) is 2.46. The first kappa shape index (κ1) is 16.7. The predicted molar refractivity (Wildman–Crippen MR) is 86.1 cm³/mol. The Morgan fingerprint density at radius 2 is 1.67 bits per heavy atom. The molecule has 21 heavy (non-hydrogen) atoms. The highest BCUT2D eigenvalue weighted by atomic mass is 16.2. The van der Waals surface area contributed by atoms with Crippen LogP contribution >= 0.6 is 0 Å². The van der Waals surface area contributed by atoms with Crippen molar-refractivity contribution in [1.29, 1.82) is 0 Å². The van der Waals surface area contributed by atoms with Crippen molar-refractivity contribution >= 4 is 17.5 Å². The molecule has 0 bridgehead atoms. The molecule has 4 heteroatoms. The highest BCUT2D eigenvalue weighted by molar-refractivity contribution is 6.39. The molecular weight excluding hydrogens is 264 g/mol. The molecule has 0 saturated carbocycles. The molecule has 4 nitrogen and oxygen atoms in total. The summed E-state index contributed by atoms with van der Waals surface area (Å²) >= 11 is 0. The van der Waals surface area contributed by atoms with Gasteiger partial charge in [-0.3, -0.25) is 9.59 Å². The van der Waals surface area contributed by atoms with Crippen LogP contribution in [0.25, 0.3) is 0 Å². The fraction of sp³-hybridized carbons (Fsp3) is 0.294. The molecular formula is C17H22N2O2. The van der Waals surface area contributed by atoms with Crippen LogP contribution in [-0.2, 0) is 9.59 Å². The van der Waals surface area contributed by atoms with Crippen molar-refractivity contribution in [2.45, 2.75) is 19.8 Å². The van der Waals surface area contributed by atoms with Crippen LogP contribution in [0.1, 0.15) is 25.3 Å². The molecule has 0 aliphatic heterocycles. The van der Waals surface area contributed by atoms with Crippen molar-refractivity contribution in [2.24, 2.45) is 0 Å². The molecule has 0 saturated heterocycles. The standard InChI is InChI=1S/C17H22N2O2/c1-5-11-19(12-6-2)17(21)16(20)18-15-9-7-14(8-10-15)13(3)4/h5-10,13H,1-2,11-12H2,3-4H3,(H,18,20). The molecule has 0 aliphatic rings. The van der Waals surface area contributed by atoms with Gasteiger partial charge in [0.05, 0.1) is 0 Å². The number of benzene rings is 1. The van der Waals surface area contributed by atoms with E-state index in [9.17, 15) is 9.59 Å². The van der Waals surface area contributed by atoms with Crippen LogP contribution < -0.4 is 5.32 Å². The Bertz CT molecular complexity index is 508. The number of nitrogens with one attached hydrogen (secondary N) is 1. The summed E-state index contributed by atoms with van der Waals surface area (Å²) in [6.45, 7) is 12.0. The molecule has 1 N–H and O–H groups in total. The van der Waals surface area contributed by atoms with Gasteiger partial charge in [0.2, 0.25) is 0 Å². The first-order valence-corrected chi connectivity index (χ1v) is 6.91. The first-order chi connectivity index (χ1) is 9.99.